The maximum Gasteiger partial charge on any atom is 0.334 e. The summed E-state index contributed by atoms with van der Waals surface area (Å²) < 4.78 is 16.4. The molecule has 1 saturated heterocycles. The van der Waals surface area contributed by atoms with E-state index in [9.17, 15) is 24.6 Å². The average Bonchev–Trinajstić information content (AvgIpc) is 2.96. The number of hydrogen-bond acceptors (Lipinski definition) is 8. The molecule has 2 aliphatic rings. The van der Waals surface area contributed by atoms with Gasteiger partial charge >= 0.3 is 17.9 Å². The zero-order valence-corrected chi connectivity index (χ0v) is 17.8. The molecule has 166 valence electrons. The summed E-state index contributed by atoms with van der Waals surface area (Å²) >= 11 is 0. The summed E-state index contributed by atoms with van der Waals surface area (Å²) in [7, 11) is 0. The minimum Gasteiger partial charge on any atom is -0.458 e. The van der Waals surface area contributed by atoms with Gasteiger partial charge in [-0.2, -0.15) is 0 Å². The van der Waals surface area contributed by atoms with Gasteiger partial charge in [-0.05, 0) is 36.6 Å². The van der Waals surface area contributed by atoms with Gasteiger partial charge in [0.05, 0.1) is 24.5 Å². The van der Waals surface area contributed by atoms with Crippen LogP contribution in [0.1, 0.15) is 40.5 Å². The molecule has 0 amide bonds. The number of carbonyl (C=O) groups is 3. The monoisotopic (exact) mass is 422 g/mol. The van der Waals surface area contributed by atoms with Crippen molar-refractivity contribution in [3.05, 3.63) is 35.5 Å². The molecule has 0 unspecified atom stereocenters. The first-order chi connectivity index (χ1) is 14.1. The van der Waals surface area contributed by atoms with Crippen molar-refractivity contribution in [2.45, 2.75) is 65.0 Å². The fourth-order valence-electron chi connectivity index (χ4n) is 3.47. The highest BCUT2D eigenvalue weighted by Gasteiger charge is 2.45. The molecule has 0 radical (unpaired) electrons. The third-order valence-electron chi connectivity index (χ3n) is 5.56. The lowest BCUT2D eigenvalue weighted by molar-refractivity contribution is -0.154. The molecule has 1 aliphatic carbocycles. The van der Waals surface area contributed by atoms with Gasteiger partial charge in [0.2, 0.25) is 0 Å². The van der Waals surface area contributed by atoms with E-state index in [1.54, 1.807) is 19.9 Å². The Morgan fingerprint density at radius 1 is 1.33 bits per heavy atom. The quantitative estimate of drug-likeness (QED) is 0.297. The molecule has 0 aromatic carbocycles. The normalized spacial score (nSPS) is 33.9. The lowest BCUT2D eigenvalue weighted by Gasteiger charge is -2.29. The van der Waals surface area contributed by atoms with Gasteiger partial charge in [-0.3, -0.25) is 9.59 Å². The van der Waals surface area contributed by atoms with E-state index >= 15 is 0 Å². The van der Waals surface area contributed by atoms with Crippen molar-refractivity contribution in [3.63, 3.8) is 0 Å². The highest BCUT2D eigenvalue weighted by molar-refractivity contribution is 5.91. The fraction of sp³-hybridized carbons (Fsp3) is 0.591. The van der Waals surface area contributed by atoms with Gasteiger partial charge in [0.1, 0.15) is 18.3 Å². The van der Waals surface area contributed by atoms with Gasteiger partial charge in [-0.25, -0.2) is 4.79 Å². The molecule has 0 spiro atoms. The molecule has 1 fully saturated rings. The van der Waals surface area contributed by atoms with Crippen LogP contribution < -0.4 is 0 Å². The molecule has 8 nitrogen and oxygen atoms in total. The topological polar surface area (TPSA) is 119 Å². The molecular formula is C22H30O8. The first kappa shape index (κ1) is 23.8. The van der Waals surface area contributed by atoms with E-state index in [4.69, 9.17) is 14.2 Å². The Hall–Kier alpha value is -2.45. The molecule has 1 aliphatic heterocycles. The van der Waals surface area contributed by atoms with Crippen molar-refractivity contribution in [2.24, 2.45) is 11.8 Å². The molecule has 0 saturated carbocycles. The van der Waals surface area contributed by atoms with Crippen molar-refractivity contribution in [1.82, 2.24) is 0 Å². The molecule has 0 bridgehead atoms. The molecule has 2 rings (SSSR count). The molecular weight excluding hydrogens is 392 g/mol. The van der Waals surface area contributed by atoms with Crippen LogP contribution in [0.3, 0.4) is 0 Å². The van der Waals surface area contributed by atoms with Crippen LogP contribution in [0.25, 0.3) is 0 Å². The smallest absolute Gasteiger partial charge is 0.334 e. The second-order valence-corrected chi connectivity index (χ2v) is 7.79. The molecule has 6 atom stereocenters. The Balaban J connectivity index is 2.53. The highest BCUT2D eigenvalue weighted by atomic mass is 16.6. The van der Waals surface area contributed by atoms with Crippen molar-refractivity contribution < 1.29 is 38.8 Å². The van der Waals surface area contributed by atoms with E-state index in [1.807, 2.05) is 6.92 Å². The summed E-state index contributed by atoms with van der Waals surface area (Å²) in [6, 6.07) is 0. The van der Waals surface area contributed by atoms with Gasteiger partial charge in [0.15, 0.2) is 0 Å². The highest BCUT2D eigenvalue weighted by Crippen LogP contribution is 2.36. The van der Waals surface area contributed by atoms with E-state index in [-0.39, 0.29) is 23.5 Å². The summed E-state index contributed by atoms with van der Waals surface area (Å²) in [5.74, 6) is -2.74. The molecule has 8 heteroatoms. The van der Waals surface area contributed by atoms with Crippen LogP contribution in [0.15, 0.2) is 35.5 Å². The molecule has 30 heavy (non-hydrogen) atoms. The molecule has 0 aromatic heterocycles. The summed E-state index contributed by atoms with van der Waals surface area (Å²) in [6.07, 6.45) is -0.0639. The first-order valence-electron chi connectivity index (χ1n) is 10.0. The number of rotatable bonds is 5. The fourth-order valence-corrected chi connectivity index (χ4v) is 3.47. The van der Waals surface area contributed by atoms with E-state index in [0.717, 1.165) is 0 Å². The Kier molecular flexibility index (Phi) is 7.97. The first-order valence-corrected chi connectivity index (χ1v) is 10.0. The Labute approximate surface area is 176 Å². The zero-order chi connectivity index (χ0) is 22.6. The maximum absolute atomic E-state index is 12.5. The molecule has 0 aromatic rings. The maximum atomic E-state index is 12.5. The van der Waals surface area contributed by atoms with Crippen LogP contribution in [-0.4, -0.2) is 59.1 Å². The Bertz CT molecular complexity index is 765. The van der Waals surface area contributed by atoms with Crippen molar-refractivity contribution in [1.29, 1.82) is 0 Å². The van der Waals surface area contributed by atoms with Crippen LogP contribution >= 0.6 is 0 Å². The lowest BCUT2D eigenvalue weighted by Crippen LogP contribution is -2.36. The second kappa shape index (κ2) is 10.0. The predicted molar refractivity (Wildman–Crippen MR) is 107 cm³/mol. The summed E-state index contributed by atoms with van der Waals surface area (Å²) in [5, 5.41) is 20.5. The van der Waals surface area contributed by atoms with Crippen LogP contribution in [-0.2, 0) is 28.6 Å². The third kappa shape index (κ3) is 5.37. The third-order valence-corrected chi connectivity index (χ3v) is 5.56. The summed E-state index contributed by atoms with van der Waals surface area (Å²) in [6.45, 7) is 9.80. The van der Waals surface area contributed by atoms with Crippen molar-refractivity contribution in [3.8, 4) is 0 Å². The van der Waals surface area contributed by atoms with E-state index in [1.165, 1.54) is 13.0 Å². The summed E-state index contributed by atoms with van der Waals surface area (Å²) in [5.41, 5.74) is 0.876. The lowest BCUT2D eigenvalue weighted by atomic mass is 9.85. The molecule has 2 N–H and O–H groups in total. The summed E-state index contributed by atoms with van der Waals surface area (Å²) in [4.78, 5) is 36.2. The minimum absolute atomic E-state index is 0.00733. The Morgan fingerprint density at radius 3 is 2.57 bits per heavy atom. The van der Waals surface area contributed by atoms with E-state index in [0.29, 0.717) is 12.0 Å². The van der Waals surface area contributed by atoms with Crippen LogP contribution in [0.4, 0.5) is 0 Å². The number of esters is 3. The van der Waals surface area contributed by atoms with Gasteiger partial charge in [0.25, 0.3) is 0 Å². The van der Waals surface area contributed by atoms with Gasteiger partial charge in [-0.15, -0.1) is 0 Å². The van der Waals surface area contributed by atoms with E-state index in [2.05, 4.69) is 6.58 Å². The average molecular weight is 422 g/mol. The van der Waals surface area contributed by atoms with Crippen molar-refractivity contribution in [2.75, 3.05) is 6.61 Å². The number of carbonyl (C=O) groups excluding carboxylic acids is 3. The number of fused-ring (bicyclic) bond motifs is 1. The van der Waals surface area contributed by atoms with E-state index < -0.39 is 54.8 Å². The number of aliphatic hydroxyl groups is 2. The van der Waals surface area contributed by atoms with Crippen LogP contribution in [0.2, 0.25) is 0 Å². The number of aliphatic hydroxyl groups excluding tert-OH is 2. The minimum atomic E-state index is -1.03. The number of hydrogen-bond donors (Lipinski definition) is 2. The standard InChI is InChI=1S/C22H30O8/c1-6-11(2)21(26)29-18-7-12(3)16(25)9-17(28-14(5)24)15(10-23)8-19-20(18)13(4)22(27)30-19/h7-8,11,16-20,23,25H,4,6,9-10H2,1-3,5H3/b12-7-,15-8-/t11-,16-,17-,18+,19+,20+/m0/s1. The zero-order valence-electron chi connectivity index (χ0n) is 17.8. The Morgan fingerprint density at radius 2 is 2.00 bits per heavy atom. The largest absolute Gasteiger partial charge is 0.458 e. The number of ether oxygens (including phenoxy) is 3. The van der Waals surface area contributed by atoms with Gasteiger partial charge in [-0.1, -0.05) is 20.4 Å². The van der Waals surface area contributed by atoms with Crippen LogP contribution in [0, 0.1) is 11.8 Å². The predicted octanol–water partition coefficient (Wildman–Crippen LogP) is 1.60. The van der Waals surface area contributed by atoms with Gasteiger partial charge in [0, 0.05) is 18.9 Å². The molecule has 1 heterocycles. The SMILES string of the molecule is C=C1C(=O)O[C@@H]2/C=C(/CO)[C@@H](OC(C)=O)C[C@H](O)/C(C)=C\[C@@H](OC(=O)[C@@H](C)CC)[C@@H]12. The second-order valence-electron chi connectivity index (χ2n) is 7.79. The van der Waals surface area contributed by atoms with Crippen molar-refractivity contribution >= 4 is 17.9 Å². The van der Waals surface area contributed by atoms with Gasteiger partial charge < -0.3 is 24.4 Å². The van der Waals surface area contributed by atoms with Crippen LogP contribution in [0.5, 0.6) is 0 Å².